The van der Waals surface area contributed by atoms with E-state index in [-0.39, 0.29) is 19.3 Å². The first kappa shape index (κ1) is 15.0. The second-order valence-electron chi connectivity index (χ2n) is 5.81. The molecular weight excluding hydrogens is 234 g/mol. The van der Waals surface area contributed by atoms with Crippen molar-refractivity contribution in [2.45, 2.75) is 45.3 Å². The zero-order chi connectivity index (χ0) is 13.8. The van der Waals surface area contributed by atoms with Crippen LogP contribution in [0.5, 0.6) is 0 Å². The Hall–Kier alpha value is -1.07. The van der Waals surface area contributed by atoms with Crippen LogP contribution in [0.1, 0.15) is 33.6 Å². The number of aliphatic hydroxyl groups is 2. The van der Waals surface area contributed by atoms with Crippen molar-refractivity contribution in [1.82, 2.24) is 5.32 Å². The molecule has 0 saturated carbocycles. The maximum absolute atomic E-state index is 11.6. The fourth-order valence-electron chi connectivity index (χ4n) is 2.06. The summed E-state index contributed by atoms with van der Waals surface area (Å²) in [5.74, 6) is 0. The van der Waals surface area contributed by atoms with Gasteiger partial charge in [0, 0.05) is 12.0 Å². The van der Waals surface area contributed by atoms with E-state index >= 15 is 0 Å². The third-order valence-corrected chi connectivity index (χ3v) is 2.94. The van der Waals surface area contributed by atoms with Gasteiger partial charge in [0.25, 0.3) is 0 Å². The molecule has 0 spiro atoms. The van der Waals surface area contributed by atoms with E-state index in [9.17, 15) is 9.90 Å². The van der Waals surface area contributed by atoms with Crippen LogP contribution in [-0.2, 0) is 4.74 Å². The third kappa shape index (κ3) is 4.31. The Morgan fingerprint density at radius 1 is 1.50 bits per heavy atom. The quantitative estimate of drug-likeness (QED) is 0.661. The number of rotatable bonds is 4. The van der Waals surface area contributed by atoms with E-state index in [0.717, 1.165) is 0 Å². The average Bonchev–Trinajstić information content (AvgIpc) is 2.60. The van der Waals surface area contributed by atoms with Crippen LogP contribution in [0.3, 0.4) is 0 Å². The summed E-state index contributed by atoms with van der Waals surface area (Å²) >= 11 is 0. The van der Waals surface area contributed by atoms with Crippen LogP contribution in [0, 0.1) is 5.41 Å². The highest BCUT2D eigenvalue weighted by atomic mass is 16.6. The Balaban J connectivity index is 2.48. The van der Waals surface area contributed by atoms with Crippen molar-refractivity contribution in [1.29, 1.82) is 0 Å². The molecule has 5 heteroatoms. The lowest BCUT2D eigenvalue weighted by atomic mass is 9.84. The number of aliphatic hydroxyl groups excluding tert-OH is 2. The molecule has 0 aliphatic heterocycles. The summed E-state index contributed by atoms with van der Waals surface area (Å²) in [6, 6.07) is -0.154. The van der Waals surface area contributed by atoms with E-state index in [0.29, 0.717) is 12.8 Å². The fourth-order valence-corrected chi connectivity index (χ4v) is 2.06. The SMILES string of the molecule is CC(C)(C)OC(=O)NC1C=CC(CO)(CCO)C1. The van der Waals surface area contributed by atoms with E-state index in [1.54, 1.807) is 20.8 Å². The highest BCUT2D eigenvalue weighted by Gasteiger charge is 2.34. The molecule has 0 radical (unpaired) electrons. The molecule has 2 unspecified atom stereocenters. The number of carbonyl (C=O) groups excluding carboxylic acids is 1. The molecule has 0 aromatic heterocycles. The first-order chi connectivity index (χ1) is 8.30. The minimum atomic E-state index is -0.522. The molecule has 5 nitrogen and oxygen atoms in total. The molecule has 104 valence electrons. The summed E-state index contributed by atoms with van der Waals surface area (Å²) in [6.07, 6.45) is 4.33. The van der Waals surface area contributed by atoms with Crippen molar-refractivity contribution in [3.8, 4) is 0 Å². The molecule has 18 heavy (non-hydrogen) atoms. The molecule has 0 aromatic carbocycles. The van der Waals surface area contributed by atoms with E-state index < -0.39 is 17.1 Å². The molecular formula is C13H23NO4. The van der Waals surface area contributed by atoms with E-state index in [1.165, 1.54) is 0 Å². The predicted octanol–water partition coefficient (Wildman–Crippen LogP) is 1.20. The second-order valence-corrected chi connectivity index (χ2v) is 5.81. The topological polar surface area (TPSA) is 78.8 Å². The second kappa shape index (κ2) is 5.71. The summed E-state index contributed by atoms with van der Waals surface area (Å²) < 4.78 is 5.17. The lowest BCUT2D eigenvalue weighted by molar-refractivity contribution is 0.0499. The Labute approximate surface area is 108 Å². The van der Waals surface area contributed by atoms with Gasteiger partial charge in [0.2, 0.25) is 0 Å². The van der Waals surface area contributed by atoms with Crippen molar-refractivity contribution >= 4 is 6.09 Å². The number of carbonyl (C=O) groups is 1. The summed E-state index contributed by atoms with van der Waals surface area (Å²) in [4.78, 5) is 11.6. The zero-order valence-electron chi connectivity index (χ0n) is 11.3. The molecule has 1 aliphatic carbocycles. The Morgan fingerprint density at radius 3 is 2.67 bits per heavy atom. The monoisotopic (exact) mass is 257 g/mol. The Morgan fingerprint density at radius 2 is 2.17 bits per heavy atom. The lowest BCUT2D eigenvalue weighted by Gasteiger charge is -2.26. The fraction of sp³-hybridized carbons (Fsp3) is 0.769. The number of ether oxygens (including phenoxy) is 1. The van der Waals surface area contributed by atoms with Gasteiger partial charge in [-0.2, -0.15) is 0 Å². The third-order valence-electron chi connectivity index (χ3n) is 2.94. The van der Waals surface area contributed by atoms with Crippen LogP contribution in [0.2, 0.25) is 0 Å². The summed E-state index contributed by atoms with van der Waals surface area (Å²) in [5.41, 5.74) is -0.944. The minimum absolute atomic E-state index is 0.0179. The first-order valence-electron chi connectivity index (χ1n) is 6.21. The zero-order valence-corrected chi connectivity index (χ0v) is 11.3. The van der Waals surface area contributed by atoms with Crippen molar-refractivity contribution in [2.24, 2.45) is 5.41 Å². The van der Waals surface area contributed by atoms with Crippen LogP contribution in [0.15, 0.2) is 12.2 Å². The molecule has 3 N–H and O–H groups in total. The van der Waals surface area contributed by atoms with Gasteiger partial charge in [0.15, 0.2) is 0 Å². The van der Waals surface area contributed by atoms with Crippen molar-refractivity contribution in [2.75, 3.05) is 13.2 Å². The molecule has 0 fully saturated rings. The largest absolute Gasteiger partial charge is 0.444 e. The van der Waals surface area contributed by atoms with Crippen LogP contribution in [0.25, 0.3) is 0 Å². The highest BCUT2D eigenvalue weighted by molar-refractivity contribution is 5.68. The van der Waals surface area contributed by atoms with Gasteiger partial charge in [-0.3, -0.25) is 0 Å². The minimum Gasteiger partial charge on any atom is -0.444 e. The first-order valence-corrected chi connectivity index (χ1v) is 6.21. The number of hydrogen-bond donors (Lipinski definition) is 3. The average molecular weight is 257 g/mol. The maximum Gasteiger partial charge on any atom is 0.408 e. The van der Waals surface area contributed by atoms with Crippen LogP contribution in [0.4, 0.5) is 4.79 Å². The molecule has 0 heterocycles. The maximum atomic E-state index is 11.6. The van der Waals surface area contributed by atoms with Crippen LogP contribution < -0.4 is 5.32 Å². The molecule has 0 bridgehead atoms. The molecule has 0 saturated heterocycles. The summed E-state index contributed by atoms with van der Waals surface area (Å²) in [6.45, 7) is 5.41. The molecule has 1 aliphatic rings. The Bertz CT molecular complexity index is 321. The van der Waals surface area contributed by atoms with Gasteiger partial charge >= 0.3 is 6.09 Å². The van der Waals surface area contributed by atoms with Crippen LogP contribution >= 0.6 is 0 Å². The smallest absolute Gasteiger partial charge is 0.408 e. The summed E-state index contributed by atoms with van der Waals surface area (Å²) in [5, 5.41) is 21.1. The number of hydrogen-bond acceptors (Lipinski definition) is 4. The number of alkyl carbamates (subject to hydrolysis) is 1. The van der Waals surface area contributed by atoms with Gasteiger partial charge in [-0.1, -0.05) is 12.2 Å². The van der Waals surface area contributed by atoms with Crippen molar-refractivity contribution in [3.05, 3.63) is 12.2 Å². The number of amides is 1. The van der Waals surface area contributed by atoms with Gasteiger partial charge in [0.1, 0.15) is 5.60 Å². The van der Waals surface area contributed by atoms with Crippen molar-refractivity contribution < 1.29 is 19.7 Å². The Kier molecular flexibility index (Phi) is 4.76. The van der Waals surface area contributed by atoms with Gasteiger partial charge in [-0.15, -0.1) is 0 Å². The van der Waals surface area contributed by atoms with E-state index in [2.05, 4.69) is 5.32 Å². The molecule has 0 aromatic rings. The lowest BCUT2D eigenvalue weighted by Crippen LogP contribution is -2.39. The van der Waals surface area contributed by atoms with Gasteiger partial charge in [-0.25, -0.2) is 4.79 Å². The van der Waals surface area contributed by atoms with Crippen LogP contribution in [-0.4, -0.2) is 41.2 Å². The highest BCUT2D eigenvalue weighted by Crippen LogP contribution is 2.34. The standard InChI is InChI=1S/C13H23NO4/c1-12(2,3)18-11(17)14-10-4-5-13(8-10,9-16)6-7-15/h4-5,10,15-16H,6-9H2,1-3H3,(H,14,17). The number of nitrogens with one attached hydrogen (secondary N) is 1. The predicted molar refractivity (Wildman–Crippen MR) is 68.1 cm³/mol. The van der Waals surface area contributed by atoms with Crippen molar-refractivity contribution in [3.63, 3.8) is 0 Å². The normalized spacial score (nSPS) is 27.3. The molecule has 1 amide bonds. The molecule has 1 rings (SSSR count). The van der Waals surface area contributed by atoms with Gasteiger partial charge < -0.3 is 20.3 Å². The van der Waals surface area contributed by atoms with E-state index in [1.807, 2.05) is 12.2 Å². The van der Waals surface area contributed by atoms with Gasteiger partial charge in [-0.05, 0) is 33.6 Å². The molecule has 2 atom stereocenters. The summed E-state index contributed by atoms with van der Waals surface area (Å²) in [7, 11) is 0. The van der Waals surface area contributed by atoms with E-state index in [4.69, 9.17) is 9.84 Å². The van der Waals surface area contributed by atoms with Gasteiger partial charge in [0.05, 0.1) is 12.6 Å².